The molecule has 5 nitrogen and oxygen atoms in total. The first kappa shape index (κ1) is 12.4. The Balaban J connectivity index is 1.88. The van der Waals surface area contributed by atoms with Crippen molar-refractivity contribution in [2.75, 3.05) is 5.32 Å². The molecule has 0 aliphatic heterocycles. The van der Waals surface area contributed by atoms with Crippen molar-refractivity contribution in [2.45, 2.75) is 6.54 Å². The number of urea groups is 1. The number of hydrogen-bond donors (Lipinski definition) is 2. The number of aromatic nitrogens is 2. The number of aryl methyl sites for hydroxylation is 1. The molecule has 0 saturated carbocycles. The number of rotatable bonds is 3. The molecule has 0 atom stereocenters. The number of amides is 2. The third-order valence-electron chi connectivity index (χ3n) is 2.44. The van der Waals surface area contributed by atoms with Crippen LogP contribution < -0.4 is 10.6 Å². The van der Waals surface area contributed by atoms with Gasteiger partial charge in [-0.3, -0.25) is 4.68 Å². The van der Waals surface area contributed by atoms with Crippen molar-refractivity contribution in [2.24, 2.45) is 7.05 Å². The van der Waals surface area contributed by atoms with Gasteiger partial charge in [0.15, 0.2) is 0 Å². The third-order valence-corrected chi connectivity index (χ3v) is 2.67. The summed E-state index contributed by atoms with van der Waals surface area (Å²) in [6.45, 7) is 0.420. The van der Waals surface area contributed by atoms with Gasteiger partial charge in [0.2, 0.25) is 0 Å². The molecule has 0 aliphatic carbocycles. The Morgan fingerprint density at radius 2 is 2.28 bits per heavy atom. The summed E-state index contributed by atoms with van der Waals surface area (Å²) in [5.74, 6) is 0. The highest BCUT2D eigenvalue weighted by Gasteiger charge is 2.03. The smallest absolute Gasteiger partial charge is 0.319 e. The number of nitrogens with zero attached hydrogens (tertiary/aromatic N) is 2. The zero-order valence-electron chi connectivity index (χ0n) is 9.85. The van der Waals surface area contributed by atoms with Crippen LogP contribution in [0.15, 0.2) is 36.5 Å². The monoisotopic (exact) mass is 264 g/mol. The Labute approximate surface area is 110 Å². The largest absolute Gasteiger partial charge is 0.332 e. The molecule has 0 radical (unpaired) electrons. The Morgan fingerprint density at radius 3 is 2.94 bits per heavy atom. The second-order valence-electron chi connectivity index (χ2n) is 3.76. The lowest BCUT2D eigenvalue weighted by molar-refractivity contribution is 0.251. The van der Waals surface area contributed by atoms with Crippen LogP contribution >= 0.6 is 11.6 Å². The van der Waals surface area contributed by atoms with Crippen molar-refractivity contribution in [3.05, 3.63) is 47.2 Å². The molecule has 2 amide bonds. The predicted molar refractivity (Wildman–Crippen MR) is 70.5 cm³/mol. The average Bonchev–Trinajstić information content (AvgIpc) is 2.72. The van der Waals surface area contributed by atoms with Crippen LogP contribution in [-0.2, 0) is 13.6 Å². The van der Waals surface area contributed by atoms with E-state index in [1.165, 1.54) is 0 Å². The Hall–Kier alpha value is -2.01. The standard InChI is InChI=1S/C12H13ClN4O/c1-17-11(5-6-15-17)8-14-12(18)16-10-4-2-3-9(13)7-10/h2-7H,8H2,1H3,(H2,14,16,18). The lowest BCUT2D eigenvalue weighted by Gasteiger charge is -2.08. The first-order valence-electron chi connectivity index (χ1n) is 5.42. The molecule has 2 rings (SSSR count). The van der Waals surface area contributed by atoms with E-state index in [9.17, 15) is 4.79 Å². The van der Waals surface area contributed by atoms with E-state index in [2.05, 4.69) is 15.7 Å². The summed E-state index contributed by atoms with van der Waals surface area (Å²) in [5.41, 5.74) is 1.58. The SMILES string of the molecule is Cn1nccc1CNC(=O)Nc1cccc(Cl)c1. The van der Waals surface area contributed by atoms with Gasteiger partial charge in [-0.25, -0.2) is 4.79 Å². The highest BCUT2D eigenvalue weighted by molar-refractivity contribution is 6.30. The zero-order valence-corrected chi connectivity index (χ0v) is 10.6. The Morgan fingerprint density at radius 1 is 1.44 bits per heavy atom. The molecule has 94 valence electrons. The minimum atomic E-state index is -0.279. The van der Waals surface area contributed by atoms with Crippen LogP contribution in [0, 0.1) is 0 Å². The van der Waals surface area contributed by atoms with Crippen molar-refractivity contribution < 1.29 is 4.79 Å². The maximum atomic E-state index is 11.6. The van der Waals surface area contributed by atoms with Gasteiger partial charge in [-0.05, 0) is 24.3 Å². The highest BCUT2D eigenvalue weighted by atomic mass is 35.5. The maximum Gasteiger partial charge on any atom is 0.319 e. The van der Waals surface area contributed by atoms with Gasteiger partial charge >= 0.3 is 6.03 Å². The van der Waals surface area contributed by atoms with Gasteiger partial charge in [0.05, 0.1) is 12.2 Å². The molecule has 1 aromatic heterocycles. The molecule has 2 aromatic rings. The molecule has 2 N–H and O–H groups in total. The van der Waals surface area contributed by atoms with Gasteiger partial charge in [0.1, 0.15) is 0 Å². The first-order valence-corrected chi connectivity index (χ1v) is 5.80. The van der Waals surface area contributed by atoms with Crippen LogP contribution in [0.2, 0.25) is 5.02 Å². The van der Waals surface area contributed by atoms with E-state index in [0.717, 1.165) is 5.69 Å². The molecule has 6 heteroatoms. The lowest BCUT2D eigenvalue weighted by atomic mass is 10.3. The molecule has 0 spiro atoms. The molecular formula is C12H13ClN4O. The predicted octanol–water partition coefficient (Wildman–Crippen LogP) is 2.40. The number of benzene rings is 1. The quantitative estimate of drug-likeness (QED) is 0.894. The third kappa shape index (κ3) is 3.24. The number of anilines is 1. The molecule has 0 aliphatic rings. The topological polar surface area (TPSA) is 59.0 Å². The highest BCUT2D eigenvalue weighted by Crippen LogP contribution is 2.14. The molecule has 1 heterocycles. The average molecular weight is 265 g/mol. The summed E-state index contributed by atoms with van der Waals surface area (Å²) in [4.78, 5) is 11.6. The zero-order chi connectivity index (χ0) is 13.0. The second-order valence-corrected chi connectivity index (χ2v) is 4.20. The van der Waals surface area contributed by atoms with Crippen molar-refractivity contribution >= 4 is 23.3 Å². The molecule has 0 fully saturated rings. The minimum absolute atomic E-state index is 0.279. The fraction of sp³-hybridized carbons (Fsp3) is 0.167. The van der Waals surface area contributed by atoms with Gasteiger partial charge in [0, 0.05) is 24.0 Å². The van der Waals surface area contributed by atoms with Gasteiger partial charge in [-0.15, -0.1) is 0 Å². The molecular weight excluding hydrogens is 252 g/mol. The summed E-state index contributed by atoms with van der Waals surface area (Å²) < 4.78 is 1.71. The number of nitrogens with one attached hydrogen (secondary N) is 2. The summed E-state index contributed by atoms with van der Waals surface area (Å²) in [6.07, 6.45) is 1.69. The summed E-state index contributed by atoms with van der Waals surface area (Å²) in [5, 5.41) is 10.0. The second kappa shape index (κ2) is 5.55. The Kier molecular flexibility index (Phi) is 3.84. The number of hydrogen-bond acceptors (Lipinski definition) is 2. The van der Waals surface area contributed by atoms with Crippen LogP contribution in [0.1, 0.15) is 5.69 Å². The van der Waals surface area contributed by atoms with Gasteiger partial charge in [-0.1, -0.05) is 17.7 Å². The van der Waals surface area contributed by atoms with Crippen LogP contribution in [0.4, 0.5) is 10.5 Å². The van der Waals surface area contributed by atoms with E-state index >= 15 is 0 Å². The number of carbonyl (C=O) groups is 1. The van der Waals surface area contributed by atoms with Crippen LogP contribution in [0.3, 0.4) is 0 Å². The van der Waals surface area contributed by atoms with Crippen LogP contribution in [-0.4, -0.2) is 15.8 Å². The van der Waals surface area contributed by atoms with E-state index in [0.29, 0.717) is 17.3 Å². The van der Waals surface area contributed by atoms with E-state index in [4.69, 9.17) is 11.6 Å². The van der Waals surface area contributed by atoms with Crippen molar-refractivity contribution in [3.63, 3.8) is 0 Å². The van der Waals surface area contributed by atoms with Crippen LogP contribution in [0.5, 0.6) is 0 Å². The van der Waals surface area contributed by atoms with Gasteiger partial charge in [-0.2, -0.15) is 5.10 Å². The van der Waals surface area contributed by atoms with Crippen LogP contribution in [0.25, 0.3) is 0 Å². The minimum Gasteiger partial charge on any atom is -0.332 e. The van der Waals surface area contributed by atoms with Crippen molar-refractivity contribution in [1.29, 1.82) is 0 Å². The normalized spacial score (nSPS) is 10.1. The van der Waals surface area contributed by atoms with E-state index in [-0.39, 0.29) is 6.03 Å². The van der Waals surface area contributed by atoms with E-state index < -0.39 is 0 Å². The summed E-state index contributed by atoms with van der Waals surface area (Å²) in [6, 6.07) is 8.55. The van der Waals surface area contributed by atoms with Crippen molar-refractivity contribution in [1.82, 2.24) is 15.1 Å². The van der Waals surface area contributed by atoms with Gasteiger partial charge < -0.3 is 10.6 Å². The molecule has 0 bridgehead atoms. The molecule has 0 saturated heterocycles. The van der Waals surface area contributed by atoms with E-state index in [1.54, 1.807) is 35.1 Å². The van der Waals surface area contributed by atoms with Crippen molar-refractivity contribution in [3.8, 4) is 0 Å². The first-order chi connectivity index (χ1) is 8.65. The fourth-order valence-electron chi connectivity index (χ4n) is 1.49. The number of halogens is 1. The van der Waals surface area contributed by atoms with E-state index in [1.807, 2.05) is 13.1 Å². The molecule has 18 heavy (non-hydrogen) atoms. The fourth-order valence-corrected chi connectivity index (χ4v) is 1.68. The maximum absolute atomic E-state index is 11.6. The molecule has 0 unspecified atom stereocenters. The summed E-state index contributed by atoms with van der Waals surface area (Å²) >= 11 is 5.82. The summed E-state index contributed by atoms with van der Waals surface area (Å²) in [7, 11) is 1.83. The number of carbonyl (C=O) groups excluding carboxylic acids is 1. The van der Waals surface area contributed by atoms with Gasteiger partial charge in [0.25, 0.3) is 0 Å². The molecule has 1 aromatic carbocycles. The lowest BCUT2D eigenvalue weighted by Crippen LogP contribution is -2.28. The Bertz CT molecular complexity index is 553.